The van der Waals surface area contributed by atoms with E-state index in [9.17, 15) is 4.79 Å². The van der Waals surface area contributed by atoms with Crippen molar-refractivity contribution in [2.24, 2.45) is 0 Å². The van der Waals surface area contributed by atoms with Crippen molar-refractivity contribution >= 4 is 22.7 Å². The Labute approximate surface area is 80.9 Å². The molecule has 3 nitrogen and oxygen atoms in total. The van der Waals surface area contributed by atoms with Crippen LogP contribution in [0.3, 0.4) is 0 Å². The van der Waals surface area contributed by atoms with E-state index >= 15 is 0 Å². The molecule has 1 aliphatic heterocycles. The van der Waals surface area contributed by atoms with Gasteiger partial charge >= 0.3 is 5.37 Å². The lowest BCUT2D eigenvalue weighted by molar-refractivity contribution is 0.257. The Morgan fingerprint density at radius 2 is 2.23 bits per heavy atom. The zero-order valence-corrected chi connectivity index (χ0v) is 7.62. The number of halogens is 1. The highest BCUT2D eigenvalue weighted by atomic mass is 35.5. The molecule has 1 heterocycles. The first kappa shape index (κ1) is 8.38. The number of carbonyl (C=O) groups excluding carboxylic acids is 1. The van der Waals surface area contributed by atoms with Crippen LogP contribution in [0.4, 0.5) is 10.5 Å². The van der Waals surface area contributed by atoms with Crippen LogP contribution in [0.25, 0.3) is 0 Å². The second kappa shape index (κ2) is 3.26. The monoisotopic (exact) mass is 197 g/mol. The van der Waals surface area contributed by atoms with Gasteiger partial charge in [-0.15, -0.1) is 0 Å². The van der Waals surface area contributed by atoms with Crippen molar-refractivity contribution < 1.29 is 9.53 Å². The third-order valence-corrected chi connectivity index (χ3v) is 2.14. The smallest absolute Gasteiger partial charge is 0.321 e. The van der Waals surface area contributed by atoms with Gasteiger partial charge in [-0.05, 0) is 23.7 Å². The molecule has 0 aliphatic carbocycles. The van der Waals surface area contributed by atoms with Gasteiger partial charge < -0.3 is 4.74 Å². The molecule has 13 heavy (non-hydrogen) atoms. The maximum Gasteiger partial charge on any atom is 0.321 e. The number of rotatable bonds is 0. The summed E-state index contributed by atoms with van der Waals surface area (Å²) in [6, 6.07) is 7.34. The first-order valence-corrected chi connectivity index (χ1v) is 4.35. The van der Waals surface area contributed by atoms with Crippen LogP contribution in [-0.4, -0.2) is 18.5 Å². The van der Waals surface area contributed by atoms with Gasteiger partial charge in [-0.1, -0.05) is 12.1 Å². The van der Waals surface area contributed by atoms with Crippen LogP contribution in [0, 0.1) is 0 Å². The van der Waals surface area contributed by atoms with Crippen molar-refractivity contribution in [1.29, 1.82) is 0 Å². The van der Waals surface area contributed by atoms with Crippen LogP contribution >= 0.6 is 11.6 Å². The fourth-order valence-electron chi connectivity index (χ4n) is 1.35. The molecule has 0 bridgehead atoms. The molecule has 68 valence electrons. The van der Waals surface area contributed by atoms with Crippen molar-refractivity contribution in [3.05, 3.63) is 24.3 Å². The molecule has 4 heteroatoms. The summed E-state index contributed by atoms with van der Waals surface area (Å²) >= 11 is 5.42. The average molecular weight is 198 g/mol. The molecule has 0 aromatic heterocycles. The quantitative estimate of drug-likeness (QED) is 0.472. The van der Waals surface area contributed by atoms with E-state index in [2.05, 4.69) is 0 Å². The zero-order valence-electron chi connectivity index (χ0n) is 6.87. The molecule has 1 aromatic rings. The Bertz CT molecular complexity index is 340. The topological polar surface area (TPSA) is 29.5 Å². The Morgan fingerprint density at radius 1 is 1.46 bits per heavy atom. The Kier molecular flexibility index (Phi) is 2.10. The predicted molar refractivity (Wildman–Crippen MR) is 50.5 cm³/mol. The van der Waals surface area contributed by atoms with Crippen LogP contribution in [-0.2, 0) is 0 Å². The van der Waals surface area contributed by atoms with Crippen molar-refractivity contribution in [2.45, 2.75) is 0 Å². The number of carbonyl (C=O) groups is 1. The van der Waals surface area contributed by atoms with E-state index in [1.165, 1.54) is 4.90 Å². The minimum Gasteiger partial charge on any atom is -0.490 e. The lowest BCUT2D eigenvalue weighted by Gasteiger charge is -2.27. The molecule has 1 aromatic carbocycles. The van der Waals surface area contributed by atoms with Gasteiger partial charge in [0.15, 0.2) is 0 Å². The molecule has 0 fully saturated rings. The summed E-state index contributed by atoms with van der Waals surface area (Å²) in [7, 11) is 0. The lowest BCUT2D eigenvalue weighted by atomic mass is 10.2. The number of benzene rings is 1. The number of hydrogen-bond acceptors (Lipinski definition) is 2. The SMILES string of the molecule is O=C(Cl)N1CCOc2ccccc21. The van der Waals surface area contributed by atoms with Crippen molar-refractivity contribution in [3.63, 3.8) is 0 Å². The highest BCUT2D eigenvalue weighted by molar-refractivity contribution is 6.66. The van der Waals surface area contributed by atoms with E-state index in [1.54, 1.807) is 0 Å². The minimum atomic E-state index is -0.462. The minimum absolute atomic E-state index is 0.462. The third kappa shape index (κ3) is 1.47. The molecule has 0 saturated heterocycles. The van der Waals surface area contributed by atoms with Gasteiger partial charge in [-0.2, -0.15) is 0 Å². The number of anilines is 1. The van der Waals surface area contributed by atoms with Gasteiger partial charge in [-0.25, -0.2) is 0 Å². The maximum atomic E-state index is 11.0. The summed E-state index contributed by atoms with van der Waals surface area (Å²) in [6.45, 7) is 1.01. The van der Waals surface area contributed by atoms with Gasteiger partial charge in [0.05, 0.1) is 12.2 Å². The summed E-state index contributed by atoms with van der Waals surface area (Å²) < 4.78 is 5.35. The van der Waals surface area contributed by atoms with Gasteiger partial charge in [0.2, 0.25) is 0 Å². The predicted octanol–water partition coefficient (Wildman–Crippen LogP) is 2.24. The molecule has 0 saturated carbocycles. The first-order valence-electron chi connectivity index (χ1n) is 3.98. The lowest BCUT2D eigenvalue weighted by Crippen LogP contribution is -2.34. The number of nitrogens with zero attached hydrogens (tertiary/aromatic N) is 1. The van der Waals surface area contributed by atoms with E-state index in [-0.39, 0.29) is 0 Å². The number of hydrogen-bond donors (Lipinski definition) is 0. The van der Waals surface area contributed by atoms with Gasteiger partial charge in [-0.3, -0.25) is 9.69 Å². The fourth-order valence-corrected chi connectivity index (χ4v) is 1.53. The molecular formula is C9H8ClNO2. The van der Waals surface area contributed by atoms with E-state index < -0.39 is 5.37 Å². The molecule has 1 aliphatic rings. The molecule has 1 amide bonds. The zero-order chi connectivity index (χ0) is 9.26. The molecule has 2 rings (SSSR count). The Hall–Kier alpha value is -1.22. The molecule has 0 spiro atoms. The largest absolute Gasteiger partial charge is 0.490 e. The van der Waals surface area contributed by atoms with Crippen LogP contribution in [0.1, 0.15) is 0 Å². The molecular weight excluding hydrogens is 190 g/mol. The normalized spacial score (nSPS) is 14.7. The van der Waals surface area contributed by atoms with E-state index in [4.69, 9.17) is 16.3 Å². The maximum absolute atomic E-state index is 11.0. The summed E-state index contributed by atoms with van der Waals surface area (Å²) in [5.41, 5.74) is 0.744. The van der Waals surface area contributed by atoms with Crippen molar-refractivity contribution in [3.8, 4) is 5.75 Å². The van der Waals surface area contributed by atoms with Gasteiger partial charge in [0.25, 0.3) is 0 Å². The number of amides is 1. The standard InChI is InChI=1S/C9H8ClNO2/c10-9(12)11-5-6-13-8-4-2-1-3-7(8)11/h1-4H,5-6H2. The van der Waals surface area contributed by atoms with E-state index in [0.29, 0.717) is 18.9 Å². The summed E-state index contributed by atoms with van der Waals surface area (Å²) in [4.78, 5) is 12.5. The Balaban J connectivity index is 2.42. The van der Waals surface area contributed by atoms with Crippen LogP contribution in [0.2, 0.25) is 0 Å². The fraction of sp³-hybridized carbons (Fsp3) is 0.222. The molecule has 0 unspecified atom stereocenters. The molecule has 0 radical (unpaired) electrons. The highest BCUT2D eigenvalue weighted by Crippen LogP contribution is 2.31. The molecule has 0 N–H and O–H groups in total. The third-order valence-electron chi connectivity index (χ3n) is 1.94. The van der Waals surface area contributed by atoms with Crippen molar-refractivity contribution in [1.82, 2.24) is 0 Å². The van der Waals surface area contributed by atoms with Crippen LogP contribution < -0.4 is 9.64 Å². The second-order valence-corrected chi connectivity index (χ2v) is 3.04. The summed E-state index contributed by atoms with van der Waals surface area (Å²) in [5.74, 6) is 0.711. The van der Waals surface area contributed by atoms with Crippen LogP contribution in [0.5, 0.6) is 5.75 Å². The van der Waals surface area contributed by atoms with E-state index in [0.717, 1.165) is 5.69 Å². The molecule has 0 atom stereocenters. The van der Waals surface area contributed by atoms with Gasteiger partial charge in [0, 0.05) is 0 Å². The number of ether oxygens (including phenoxy) is 1. The number of fused-ring (bicyclic) bond motifs is 1. The van der Waals surface area contributed by atoms with E-state index in [1.807, 2.05) is 24.3 Å². The Morgan fingerprint density at radius 3 is 3.00 bits per heavy atom. The summed E-state index contributed by atoms with van der Waals surface area (Å²) in [6.07, 6.45) is 0. The average Bonchev–Trinajstić information content (AvgIpc) is 2.17. The van der Waals surface area contributed by atoms with Gasteiger partial charge in [0.1, 0.15) is 12.4 Å². The highest BCUT2D eigenvalue weighted by Gasteiger charge is 2.21. The summed E-state index contributed by atoms with van der Waals surface area (Å²) in [5, 5.41) is -0.462. The van der Waals surface area contributed by atoms with Crippen molar-refractivity contribution in [2.75, 3.05) is 18.1 Å². The first-order chi connectivity index (χ1) is 6.29. The van der Waals surface area contributed by atoms with Crippen LogP contribution in [0.15, 0.2) is 24.3 Å². The second-order valence-electron chi connectivity index (χ2n) is 2.72. The number of para-hydroxylation sites is 2.